The summed E-state index contributed by atoms with van der Waals surface area (Å²) in [4.78, 5) is 9.94. The number of nitrogens with zero attached hydrogens (tertiary/aromatic N) is 3. The topological polar surface area (TPSA) is 140 Å². The Morgan fingerprint density at radius 1 is 1.17 bits per heavy atom. The van der Waals surface area contributed by atoms with Gasteiger partial charge in [-0.3, -0.25) is 14.8 Å². The van der Waals surface area contributed by atoms with Crippen molar-refractivity contribution < 1.29 is 18.1 Å². The van der Waals surface area contributed by atoms with Gasteiger partial charge in [-0.05, 0) is 24.3 Å². The number of aromatic amines is 1. The number of fused-ring (bicyclic) bond motifs is 1. The van der Waals surface area contributed by atoms with E-state index in [1.165, 1.54) is 19.2 Å². The van der Waals surface area contributed by atoms with Gasteiger partial charge in [0.1, 0.15) is 21.7 Å². The largest absolute Gasteiger partial charge is 0.495 e. The molecule has 24 heavy (non-hydrogen) atoms. The van der Waals surface area contributed by atoms with Crippen molar-refractivity contribution in [1.82, 2.24) is 15.4 Å². The first-order valence-electron chi connectivity index (χ1n) is 6.56. The number of non-ortho nitro benzene ring substituents is 1. The fourth-order valence-electron chi connectivity index (χ4n) is 2.11. The number of anilines is 1. The van der Waals surface area contributed by atoms with Gasteiger partial charge < -0.3 is 4.74 Å². The fourth-order valence-corrected chi connectivity index (χ4v) is 3.31. The molecule has 0 spiro atoms. The number of hydrogen-bond donors (Lipinski definition) is 2. The van der Waals surface area contributed by atoms with Crippen molar-refractivity contribution in [3.63, 3.8) is 0 Å². The Morgan fingerprint density at radius 2 is 1.92 bits per heavy atom. The molecule has 0 atom stereocenters. The van der Waals surface area contributed by atoms with E-state index in [2.05, 4.69) is 20.1 Å². The number of methoxy groups -OCH3 is 1. The highest BCUT2D eigenvalue weighted by Gasteiger charge is 2.22. The quantitative estimate of drug-likeness (QED) is 0.527. The summed E-state index contributed by atoms with van der Waals surface area (Å²) in [6.07, 6.45) is 0. The highest BCUT2D eigenvalue weighted by molar-refractivity contribution is 7.92. The van der Waals surface area contributed by atoms with Crippen molar-refractivity contribution in [2.45, 2.75) is 4.90 Å². The first kappa shape index (κ1) is 15.7. The van der Waals surface area contributed by atoms with E-state index < -0.39 is 14.9 Å². The van der Waals surface area contributed by atoms with Gasteiger partial charge in [0.25, 0.3) is 15.7 Å². The average Bonchev–Trinajstić information content (AvgIpc) is 3.01. The van der Waals surface area contributed by atoms with Crippen LogP contribution in [0.15, 0.2) is 41.3 Å². The molecule has 0 bridgehead atoms. The third-order valence-corrected chi connectivity index (χ3v) is 4.64. The summed E-state index contributed by atoms with van der Waals surface area (Å²) in [6.45, 7) is 0. The molecule has 0 radical (unpaired) electrons. The second kappa shape index (κ2) is 5.77. The predicted octanol–water partition coefficient (Wildman–Crippen LogP) is 1.68. The summed E-state index contributed by atoms with van der Waals surface area (Å²) < 4.78 is 32.4. The average molecular weight is 349 g/mol. The van der Waals surface area contributed by atoms with Gasteiger partial charge in [-0.15, -0.1) is 0 Å². The highest BCUT2D eigenvalue weighted by atomic mass is 32.2. The Labute approximate surface area is 135 Å². The molecule has 2 N–H and O–H groups in total. The van der Waals surface area contributed by atoms with E-state index >= 15 is 0 Å². The minimum absolute atomic E-state index is 0.126. The van der Waals surface area contributed by atoms with Crippen LogP contribution in [0, 0.1) is 10.1 Å². The maximum Gasteiger partial charge on any atom is 0.273 e. The molecular formula is C13H11N5O5S. The van der Waals surface area contributed by atoms with Gasteiger partial charge in [0.05, 0.1) is 23.8 Å². The molecule has 3 aromatic rings. The predicted molar refractivity (Wildman–Crippen MR) is 84.3 cm³/mol. The van der Waals surface area contributed by atoms with Crippen LogP contribution in [0.3, 0.4) is 0 Å². The second-order valence-corrected chi connectivity index (χ2v) is 6.38. The van der Waals surface area contributed by atoms with Crippen LogP contribution in [0.5, 0.6) is 5.75 Å². The first-order valence-corrected chi connectivity index (χ1v) is 8.05. The lowest BCUT2D eigenvalue weighted by atomic mass is 10.3. The van der Waals surface area contributed by atoms with E-state index in [0.717, 1.165) is 18.2 Å². The molecule has 0 fully saturated rings. The van der Waals surface area contributed by atoms with Crippen molar-refractivity contribution in [2.24, 2.45) is 0 Å². The Bertz CT molecular complexity index is 1030. The van der Waals surface area contributed by atoms with Gasteiger partial charge >= 0.3 is 0 Å². The van der Waals surface area contributed by atoms with E-state index in [1.807, 2.05) is 0 Å². The number of sulfonamides is 1. The van der Waals surface area contributed by atoms with Crippen LogP contribution in [0.2, 0.25) is 0 Å². The Hall–Kier alpha value is -3.21. The minimum Gasteiger partial charge on any atom is -0.495 e. The van der Waals surface area contributed by atoms with Crippen LogP contribution in [-0.2, 0) is 10.0 Å². The minimum atomic E-state index is -4.01. The SMILES string of the molecule is COc1cc([N+](=O)[O-])ccc1S(=O)(=O)Nc1ccc2n[nH]nc2c1. The van der Waals surface area contributed by atoms with Gasteiger partial charge in [0.15, 0.2) is 0 Å². The maximum atomic E-state index is 12.5. The maximum absolute atomic E-state index is 12.5. The molecule has 0 unspecified atom stereocenters. The number of rotatable bonds is 5. The molecule has 0 saturated heterocycles. The van der Waals surface area contributed by atoms with E-state index in [9.17, 15) is 18.5 Å². The summed E-state index contributed by atoms with van der Waals surface area (Å²) in [5.41, 5.74) is 1.09. The fraction of sp³-hybridized carbons (Fsp3) is 0.0769. The van der Waals surface area contributed by atoms with Crippen molar-refractivity contribution >= 4 is 32.4 Å². The van der Waals surface area contributed by atoms with Crippen LogP contribution in [0.25, 0.3) is 11.0 Å². The Morgan fingerprint density at radius 3 is 2.62 bits per heavy atom. The number of benzene rings is 2. The number of nitro groups is 1. The second-order valence-electron chi connectivity index (χ2n) is 4.72. The lowest BCUT2D eigenvalue weighted by Gasteiger charge is -2.11. The van der Waals surface area contributed by atoms with Crippen LogP contribution in [0.4, 0.5) is 11.4 Å². The van der Waals surface area contributed by atoms with E-state index in [4.69, 9.17) is 4.74 Å². The summed E-state index contributed by atoms with van der Waals surface area (Å²) in [7, 11) is -2.77. The Kier molecular flexibility index (Phi) is 3.77. The first-order chi connectivity index (χ1) is 11.4. The molecule has 11 heteroatoms. The molecule has 0 aliphatic heterocycles. The van der Waals surface area contributed by atoms with E-state index in [-0.39, 0.29) is 22.0 Å². The highest BCUT2D eigenvalue weighted by Crippen LogP contribution is 2.30. The normalized spacial score (nSPS) is 11.4. The van der Waals surface area contributed by atoms with E-state index in [1.54, 1.807) is 6.07 Å². The molecule has 1 aromatic heterocycles. The number of nitro benzene ring substituents is 1. The molecule has 0 amide bonds. The zero-order valence-electron chi connectivity index (χ0n) is 12.3. The Balaban J connectivity index is 1.99. The van der Waals surface area contributed by atoms with Gasteiger partial charge in [-0.2, -0.15) is 15.4 Å². The number of aromatic nitrogens is 3. The van der Waals surface area contributed by atoms with Crippen LogP contribution < -0.4 is 9.46 Å². The molecule has 124 valence electrons. The number of nitrogens with one attached hydrogen (secondary N) is 2. The van der Waals surface area contributed by atoms with Crippen molar-refractivity contribution in [2.75, 3.05) is 11.8 Å². The smallest absolute Gasteiger partial charge is 0.273 e. The molecule has 3 rings (SSSR count). The monoisotopic (exact) mass is 349 g/mol. The molecule has 0 aliphatic rings. The molecule has 2 aromatic carbocycles. The molecule has 10 nitrogen and oxygen atoms in total. The van der Waals surface area contributed by atoms with E-state index in [0.29, 0.717) is 11.0 Å². The van der Waals surface area contributed by atoms with Crippen molar-refractivity contribution in [3.05, 3.63) is 46.5 Å². The summed E-state index contributed by atoms with van der Waals surface area (Å²) >= 11 is 0. The van der Waals surface area contributed by atoms with Crippen molar-refractivity contribution in [3.8, 4) is 5.75 Å². The summed E-state index contributed by atoms with van der Waals surface area (Å²) in [6, 6.07) is 7.90. The van der Waals surface area contributed by atoms with Gasteiger partial charge in [0.2, 0.25) is 0 Å². The van der Waals surface area contributed by atoms with Crippen LogP contribution in [0.1, 0.15) is 0 Å². The third-order valence-electron chi connectivity index (χ3n) is 3.22. The number of hydrogen-bond acceptors (Lipinski definition) is 7. The summed E-state index contributed by atoms with van der Waals surface area (Å²) in [5.74, 6) is -0.126. The zero-order valence-corrected chi connectivity index (χ0v) is 13.1. The lowest BCUT2D eigenvalue weighted by Crippen LogP contribution is -2.14. The van der Waals surface area contributed by atoms with Gasteiger partial charge in [0, 0.05) is 6.07 Å². The molecular weight excluding hydrogens is 338 g/mol. The molecule has 0 aliphatic carbocycles. The van der Waals surface area contributed by atoms with Gasteiger partial charge in [-0.25, -0.2) is 8.42 Å². The standard InChI is InChI=1S/C13H11N5O5S/c1-23-12-7-9(18(19)20)3-5-13(12)24(21,22)16-8-2-4-10-11(6-8)15-17-14-10/h2-7,16H,1H3,(H,14,15,17). The van der Waals surface area contributed by atoms with Crippen LogP contribution in [-0.4, -0.2) is 35.9 Å². The van der Waals surface area contributed by atoms with Crippen molar-refractivity contribution in [1.29, 1.82) is 0 Å². The number of H-pyrrole nitrogens is 1. The van der Waals surface area contributed by atoms with Gasteiger partial charge in [-0.1, -0.05) is 0 Å². The van der Waals surface area contributed by atoms with Crippen LogP contribution >= 0.6 is 0 Å². The molecule has 1 heterocycles. The molecule has 0 saturated carbocycles. The zero-order chi connectivity index (χ0) is 17.3. The lowest BCUT2D eigenvalue weighted by molar-refractivity contribution is -0.385. The third kappa shape index (κ3) is 2.84. The number of ether oxygens (including phenoxy) is 1. The summed E-state index contributed by atoms with van der Waals surface area (Å²) in [5, 5.41) is 21.0.